The van der Waals surface area contributed by atoms with E-state index < -0.39 is 22.0 Å². The minimum atomic E-state index is -3.61. The van der Waals surface area contributed by atoms with E-state index in [9.17, 15) is 13.2 Å². The minimum absolute atomic E-state index is 0.0572. The number of carbonyl (C=O) groups is 1. The molecule has 1 aromatic heterocycles. The summed E-state index contributed by atoms with van der Waals surface area (Å²) >= 11 is 0. The molecule has 112 valence electrons. The van der Waals surface area contributed by atoms with Gasteiger partial charge in [-0.1, -0.05) is 12.1 Å². The summed E-state index contributed by atoms with van der Waals surface area (Å²) in [7, 11) is -3.61. The van der Waals surface area contributed by atoms with Gasteiger partial charge >= 0.3 is 5.97 Å². The van der Waals surface area contributed by atoms with Crippen molar-refractivity contribution in [3.8, 4) is 0 Å². The summed E-state index contributed by atoms with van der Waals surface area (Å²) in [6.07, 6.45) is 1.47. The fourth-order valence-electron chi connectivity index (χ4n) is 1.92. The smallest absolute Gasteiger partial charge is 0.335 e. The lowest BCUT2D eigenvalue weighted by Gasteiger charge is -2.12. The number of sulfonamides is 1. The van der Waals surface area contributed by atoms with E-state index in [2.05, 4.69) is 4.72 Å². The Kier molecular flexibility index (Phi) is 4.44. The first-order valence-corrected chi connectivity index (χ1v) is 7.88. The summed E-state index contributed by atoms with van der Waals surface area (Å²) in [6.45, 7) is 1.67. The van der Waals surface area contributed by atoms with Crippen LogP contribution in [0, 0.1) is 0 Å². The Morgan fingerprint density at radius 3 is 2.71 bits per heavy atom. The SMILES string of the molecule is C[C@H](NS(=O)(=O)Cc1cccc(C(=O)O)c1)c1ccco1. The second kappa shape index (κ2) is 6.11. The van der Waals surface area contributed by atoms with Crippen LogP contribution in [-0.4, -0.2) is 19.5 Å². The molecule has 2 N–H and O–H groups in total. The molecule has 0 bridgehead atoms. The van der Waals surface area contributed by atoms with Gasteiger partial charge in [-0.15, -0.1) is 0 Å². The fourth-order valence-corrected chi connectivity index (χ4v) is 3.28. The molecule has 0 saturated carbocycles. The van der Waals surface area contributed by atoms with Crippen LogP contribution in [0.3, 0.4) is 0 Å². The monoisotopic (exact) mass is 309 g/mol. The van der Waals surface area contributed by atoms with Crippen LogP contribution < -0.4 is 4.72 Å². The van der Waals surface area contributed by atoms with Gasteiger partial charge in [-0.2, -0.15) is 0 Å². The van der Waals surface area contributed by atoms with E-state index in [4.69, 9.17) is 9.52 Å². The predicted molar refractivity (Wildman–Crippen MR) is 76.3 cm³/mol. The van der Waals surface area contributed by atoms with Crippen LogP contribution in [0.15, 0.2) is 47.1 Å². The molecule has 2 rings (SSSR count). The highest BCUT2D eigenvalue weighted by molar-refractivity contribution is 7.88. The van der Waals surface area contributed by atoms with Gasteiger partial charge in [0.2, 0.25) is 10.0 Å². The summed E-state index contributed by atoms with van der Waals surface area (Å²) < 4.78 is 31.8. The van der Waals surface area contributed by atoms with Crippen LogP contribution in [0.2, 0.25) is 0 Å². The van der Waals surface area contributed by atoms with Crippen LogP contribution in [0.25, 0.3) is 0 Å². The third-order valence-electron chi connectivity index (χ3n) is 2.86. The van der Waals surface area contributed by atoms with Crippen molar-refractivity contribution in [3.63, 3.8) is 0 Å². The third-order valence-corrected chi connectivity index (χ3v) is 4.28. The van der Waals surface area contributed by atoms with Crippen LogP contribution in [0.4, 0.5) is 0 Å². The second-order valence-corrected chi connectivity index (χ2v) is 6.37. The molecule has 0 aliphatic heterocycles. The molecule has 0 amide bonds. The lowest BCUT2D eigenvalue weighted by Crippen LogP contribution is -2.27. The maximum atomic E-state index is 12.1. The Hall–Kier alpha value is -2.12. The maximum absolute atomic E-state index is 12.1. The molecule has 1 aromatic carbocycles. The van der Waals surface area contributed by atoms with E-state index in [0.717, 1.165) is 0 Å². The lowest BCUT2D eigenvalue weighted by molar-refractivity contribution is 0.0696. The third kappa shape index (κ3) is 4.17. The number of hydrogen-bond acceptors (Lipinski definition) is 4. The number of benzene rings is 1. The molecular weight excluding hydrogens is 294 g/mol. The van der Waals surface area contributed by atoms with E-state index in [0.29, 0.717) is 11.3 Å². The summed E-state index contributed by atoms with van der Waals surface area (Å²) in [5.74, 6) is -0.872. The largest absolute Gasteiger partial charge is 0.478 e. The molecule has 1 heterocycles. The van der Waals surface area contributed by atoms with Crippen molar-refractivity contribution in [1.82, 2.24) is 4.72 Å². The Balaban J connectivity index is 2.10. The lowest BCUT2D eigenvalue weighted by atomic mass is 10.1. The molecule has 0 aliphatic carbocycles. The number of hydrogen-bond donors (Lipinski definition) is 2. The standard InChI is InChI=1S/C14H15NO5S/c1-10(13-6-3-7-20-13)15-21(18,19)9-11-4-2-5-12(8-11)14(16)17/h2-8,10,15H,9H2,1H3,(H,16,17)/t10-/m0/s1. The number of aromatic carboxylic acids is 1. The molecule has 0 fully saturated rings. The molecule has 2 aromatic rings. The molecule has 0 saturated heterocycles. The molecule has 6 nitrogen and oxygen atoms in total. The molecule has 7 heteroatoms. The van der Waals surface area contributed by atoms with Crippen molar-refractivity contribution in [2.45, 2.75) is 18.7 Å². The average molecular weight is 309 g/mol. The van der Waals surface area contributed by atoms with Gasteiger partial charge in [-0.05, 0) is 36.8 Å². The summed E-state index contributed by atoms with van der Waals surface area (Å²) in [4.78, 5) is 10.9. The molecular formula is C14H15NO5S. The molecule has 21 heavy (non-hydrogen) atoms. The van der Waals surface area contributed by atoms with Gasteiger partial charge in [-0.3, -0.25) is 0 Å². The molecule has 0 aliphatic rings. The van der Waals surface area contributed by atoms with E-state index in [1.54, 1.807) is 25.1 Å². The number of furan rings is 1. The zero-order valence-electron chi connectivity index (χ0n) is 11.3. The zero-order valence-corrected chi connectivity index (χ0v) is 12.1. The van der Waals surface area contributed by atoms with Crippen molar-refractivity contribution in [2.24, 2.45) is 0 Å². The van der Waals surface area contributed by atoms with Crippen molar-refractivity contribution in [3.05, 3.63) is 59.5 Å². The van der Waals surface area contributed by atoms with Crippen LogP contribution >= 0.6 is 0 Å². The summed E-state index contributed by atoms with van der Waals surface area (Å²) in [5.41, 5.74) is 0.468. The molecule has 0 unspecified atom stereocenters. The highest BCUT2D eigenvalue weighted by Crippen LogP contribution is 2.15. The number of carboxylic acid groups (broad SMARTS) is 1. The van der Waals surface area contributed by atoms with Gasteiger partial charge in [0.25, 0.3) is 0 Å². The van der Waals surface area contributed by atoms with Crippen molar-refractivity contribution in [1.29, 1.82) is 0 Å². The topological polar surface area (TPSA) is 96.6 Å². The number of carboxylic acids is 1. The van der Waals surface area contributed by atoms with E-state index in [-0.39, 0.29) is 11.3 Å². The van der Waals surface area contributed by atoms with Crippen LogP contribution in [0.1, 0.15) is 34.6 Å². The van der Waals surface area contributed by atoms with Gasteiger partial charge in [0.15, 0.2) is 0 Å². The molecule has 0 spiro atoms. The second-order valence-electron chi connectivity index (χ2n) is 4.62. The normalized spacial score (nSPS) is 13.0. The molecule has 1 atom stereocenters. The molecule has 0 radical (unpaired) electrons. The van der Waals surface area contributed by atoms with Crippen LogP contribution in [0.5, 0.6) is 0 Å². The zero-order chi connectivity index (χ0) is 15.5. The number of nitrogens with one attached hydrogen (secondary N) is 1. The Bertz CT molecular complexity index is 722. The first-order valence-electron chi connectivity index (χ1n) is 6.23. The fraction of sp³-hybridized carbons (Fsp3) is 0.214. The highest BCUT2D eigenvalue weighted by Gasteiger charge is 2.18. The predicted octanol–water partition coefficient (Wildman–Crippen LogP) is 2.16. The van der Waals surface area contributed by atoms with Gasteiger partial charge < -0.3 is 9.52 Å². The van der Waals surface area contributed by atoms with E-state index >= 15 is 0 Å². The Labute approximate surface area is 122 Å². The van der Waals surface area contributed by atoms with Gasteiger partial charge in [0.1, 0.15) is 5.76 Å². The summed E-state index contributed by atoms with van der Waals surface area (Å²) in [6, 6.07) is 8.71. The average Bonchev–Trinajstić information content (AvgIpc) is 2.91. The summed E-state index contributed by atoms with van der Waals surface area (Å²) in [5, 5.41) is 8.90. The van der Waals surface area contributed by atoms with Crippen molar-refractivity contribution >= 4 is 16.0 Å². The quantitative estimate of drug-likeness (QED) is 0.852. The van der Waals surface area contributed by atoms with E-state index in [1.807, 2.05) is 0 Å². The Morgan fingerprint density at radius 2 is 2.10 bits per heavy atom. The van der Waals surface area contributed by atoms with Gasteiger partial charge in [0, 0.05) is 0 Å². The van der Waals surface area contributed by atoms with Crippen molar-refractivity contribution < 1.29 is 22.7 Å². The van der Waals surface area contributed by atoms with Gasteiger partial charge in [-0.25, -0.2) is 17.9 Å². The first-order chi connectivity index (χ1) is 9.87. The van der Waals surface area contributed by atoms with Crippen LogP contribution in [-0.2, 0) is 15.8 Å². The van der Waals surface area contributed by atoms with Gasteiger partial charge in [0.05, 0.1) is 23.6 Å². The minimum Gasteiger partial charge on any atom is -0.478 e. The maximum Gasteiger partial charge on any atom is 0.335 e. The number of rotatable bonds is 6. The first kappa shape index (κ1) is 15.3. The highest BCUT2D eigenvalue weighted by atomic mass is 32.2. The van der Waals surface area contributed by atoms with E-state index in [1.165, 1.54) is 24.5 Å². The Morgan fingerprint density at radius 1 is 1.33 bits per heavy atom. The van der Waals surface area contributed by atoms with Crippen molar-refractivity contribution in [2.75, 3.05) is 0 Å².